The number of fused-ring (bicyclic) bond motifs is 6. The molecule has 0 fully saturated rings. The Morgan fingerprint density at radius 3 is 1.17 bits per heavy atom. The van der Waals surface area contributed by atoms with Crippen LogP contribution < -0.4 is 4.90 Å². The normalized spacial score (nSPS) is 14.0. The summed E-state index contributed by atoms with van der Waals surface area (Å²) in [5.74, 6) is 0.565. The zero-order chi connectivity index (χ0) is 54.6. The molecule has 0 saturated carbocycles. The molecule has 1 nitrogen and oxygen atoms in total. The van der Waals surface area contributed by atoms with Gasteiger partial charge in [-0.25, -0.2) is 0 Å². The van der Waals surface area contributed by atoms with Crippen molar-refractivity contribution in [3.8, 4) is 33.4 Å². The Labute approximate surface area is 477 Å². The van der Waals surface area contributed by atoms with Crippen LogP contribution in [0.1, 0.15) is 278 Å². The molecule has 0 aromatic heterocycles. The van der Waals surface area contributed by atoms with Crippen LogP contribution in [0.5, 0.6) is 0 Å². The molecule has 0 amide bonds. The molecular weight excluding hydrogens is 939 g/mol. The maximum atomic E-state index is 2.72. The summed E-state index contributed by atoms with van der Waals surface area (Å²) in [5, 5.41) is 0. The average molecular weight is 1040 g/mol. The Kier molecular flexibility index (Phi) is 22.8. The molecule has 1 atom stereocenters. The van der Waals surface area contributed by atoms with E-state index in [1.807, 2.05) is 0 Å². The molecule has 418 valence electrons. The molecule has 0 spiro atoms. The molecule has 2 aliphatic carbocycles. The number of hydrogen-bond donors (Lipinski definition) is 0. The van der Waals surface area contributed by atoms with Crippen LogP contribution in [0, 0.1) is 6.92 Å². The Morgan fingerprint density at radius 2 is 0.731 bits per heavy atom. The summed E-state index contributed by atoms with van der Waals surface area (Å²) in [6.07, 6.45) is 38.2. The third-order valence-electron chi connectivity index (χ3n) is 19.1. The first-order valence-electron chi connectivity index (χ1n) is 32.7. The lowest BCUT2D eigenvalue weighted by Gasteiger charge is -2.34. The minimum absolute atomic E-state index is 0.00752. The number of para-hydroxylation sites is 1. The van der Waals surface area contributed by atoms with E-state index in [4.69, 9.17) is 0 Å². The first-order valence-corrected chi connectivity index (χ1v) is 32.7. The van der Waals surface area contributed by atoms with Gasteiger partial charge in [0.1, 0.15) is 0 Å². The van der Waals surface area contributed by atoms with Crippen LogP contribution in [0.15, 0.2) is 127 Å². The van der Waals surface area contributed by atoms with E-state index in [-0.39, 0.29) is 10.8 Å². The fraction of sp³-hybridized carbons (Fsp3) is 0.532. The zero-order valence-electron chi connectivity index (χ0n) is 50.6. The van der Waals surface area contributed by atoms with Crippen molar-refractivity contribution in [1.29, 1.82) is 0 Å². The van der Waals surface area contributed by atoms with Crippen molar-refractivity contribution in [2.45, 2.75) is 265 Å². The van der Waals surface area contributed by atoms with Crippen LogP contribution in [-0.2, 0) is 23.9 Å². The highest BCUT2D eigenvalue weighted by Crippen LogP contribution is 2.57. The van der Waals surface area contributed by atoms with Crippen molar-refractivity contribution in [1.82, 2.24) is 0 Å². The topological polar surface area (TPSA) is 3.24 Å². The van der Waals surface area contributed by atoms with E-state index >= 15 is 0 Å². The molecule has 2 aliphatic rings. The van der Waals surface area contributed by atoms with E-state index in [0.717, 1.165) is 13.1 Å². The Morgan fingerprint density at radius 1 is 0.359 bits per heavy atom. The summed E-state index contributed by atoms with van der Waals surface area (Å²) in [4.78, 5) is 2.70. The second-order valence-corrected chi connectivity index (χ2v) is 24.9. The van der Waals surface area contributed by atoms with Crippen molar-refractivity contribution in [2.75, 3.05) is 4.90 Å². The van der Waals surface area contributed by atoms with E-state index in [1.165, 1.54) is 248 Å². The van der Waals surface area contributed by atoms with E-state index in [9.17, 15) is 0 Å². The quantitative estimate of drug-likeness (QED) is 0.0355. The van der Waals surface area contributed by atoms with E-state index in [2.05, 4.69) is 181 Å². The fourth-order valence-corrected chi connectivity index (χ4v) is 14.2. The second-order valence-electron chi connectivity index (χ2n) is 24.9. The van der Waals surface area contributed by atoms with E-state index in [1.54, 1.807) is 22.3 Å². The van der Waals surface area contributed by atoms with Gasteiger partial charge in [-0.15, -0.1) is 0 Å². The van der Waals surface area contributed by atoms with Crippen molar-refractivity contribution >= 4 is 5.69 Å². The summed E-state index contributed by atoms with van der Waals surface area (Å²) in [6, 6.07) is 51.5. The fourth-order valence-electron chi connectivity index (χ4n) is 14.2. The van der Waals surface area contributed by atoms with E-state index in [0.29, 0.717) is 5.92 Å². The lowest BCUT2D eigenvalue weighted by atomic mass is 9.70. The smallest absolute Gasteiger partial charge is 0.0433 e. The maximum Gasteiger partial charge on any atom is 0.0433 e. The predicted molar refractivity (Wildman–Crippen MR) is 342 cm³/mol. The number of hydrogen-bond acceptors (Lipinski definition) is 1. The van der Waals surface area contributed by atoms with Crippen LogP contribution in [0.3, 0.4) is 0 Å². The zero-order valence-corrected chi connectivity index (χ0v) is 50.6. The summed E-state index contributed by atoms with van der Waals surface area (Å²) in [7, 11) is 0. The first kappa shape index (κ1) is 59.2. The summed E-state index contributed by atoms with van der Waals surface area (Å²) >= 11 is 0. The third kappa shape index (κ3) is 14.5. The molecule has 0 saturated heterocycles. The van der Waals surface area contributed by atoms with Crippen molar-refractivity contribution in [2.24, 2.45) is 0 Å². The minimum Gasteiger partial charge on any atom is -0.363 e. The highest BCUT2D eigenvalue weighted by molar-refractivity contribution is 5.85. The molecule has 1 heteroatoms. The molecule has 0 aliphatic heterocycles. The Hall–Kier alpha value is -4.88. The van der Waals surface area contributed by atoms with Gasteiger partial charge in [-0.05, 0) is 135 Å². The van der Waals surface area contributed by atoms with Gasteiger partial charge in [0, 0.05) is 29.6 Å². The molecule has 0 heterocycles. The van der Waals surface area contributed by atoms with Crippen molar-refractivity contribution in [3.63, 3.8) is 0 Å². The van der Waals surface area contributed by atoms with Gasteiger partial charge in [0.15, 0.2) is 0 Å². The molecule has 0 N–H and O–H groups in total. The lowest BCUT2D eigenvalue weighted by molar-refractivity contribution is 0.397. The molecule has 8 rings (SSSR count). The minimum atomic E-state index is 0.00752. The number of unbranched alkanes of at least 4 members (excludes halogenated alkanes) is 20. The Bertz CT molecular complexity index is 2690. The van der Waals surface area contributed by atoms with Gasteiger partial charge < -0.3 is 4.90 Å². The van der Waals surface area contributed by atoms with Gasteiger partial charge in [0.2, 0.25) is 0 Å². The van der Waals surface area contributed by atoms with Gasteiger partial charge in [-0.2, -0.15) is 0 Å². The van der Waals surface area contributed by atoms with Crippen LogP contribution in [0.4, 0.5) is 5.69 Å². The number of aryl methyl sites for hydroxylation is 1. The standard InChI is InChI=1S/C77H105N/c1-8-13-17-21-25-32-50-76(51-33-26-22-18-14-9-2)72-54-62(40-46-68(72)70-48-44-65(56-74(70)76)61(7)12-5)58-78(67-36-30-29-31-37-67)59-63-41-47-69-71-49-45-66(64-42-38-60(6)39-43-64)57-75(71)77(73(69)55-63,52-34-27-23-19-15-10-3)53-35-28-24-20-16-11-4/h29-31,36-49,54-57,61H,8-28,32-35,50-53,58-59H2,1-7H3. The summed E-state index contributed by atoms with van der Waals surface area (Å²) < 4.78 is 0. The van der Waals surface area contributed by atoms with Crippen LogP contribution in [0.25, 0.3) is 33.4 Å². The number of nitrogens with zero attached hydrogens (tertiary/aromatic N) is 1. The van der Waals surface area contributed by atoms with Crippen LogP contribution in [0.2, 0.25) is 0 Å². The monoisotopic (exact) mass is 1040 g/mol. The largest absolute Gasteiger partial charge is 0.363 e. The second kappa shape index (κ2) is 30.1. The van der Waals surface area contributed by atoms with Crippen molar-refractivity contribution < 1.29 is 0 Å². The predicted octanol–water partition coefficient (Wildman–Crippen LogP) is 23.9. The van der Waals surface area contributed by atoms with Gasteiger partial charge in [-0.3, -0.25) is 0 Å². The SMILES string of the molecule is CCCCCCCCC1(CCCCCCCC)c2cc(CN(Cc3ccc4c(c3)C(CCCCCCCC)(CCCCCCCC)c3cc(C(C)CC)ccc3-4)c3ccccc3)ccc2-c2ccc(-c3ccc(C)cc3)cc21. The van der Waals surface area contributed by atoms with Gasteiger partial charge in [-0.1, -0.05) is 310 Å². The molecule has 6 aromatic rings. The van der Waals surface area contributed by atoms with Gasteiger partial charge >= 0.3 is 0 Å². The van der Waals surface area contributed by atoms with Crippen LogP contribution in [-0.4, -0.2) is 0 Å². The van der Waals surface area contributed by atoms with Gasteiger partial charge in [0.25, 0.3) is 0 Å². The molecule has 6 aromatic carbocycles. The van der Waals surface area contributed by atoms with Crippen molar-refractivity contribution in [3.05, 3.63) is 172 Å². The van der Waals surface area contributed by atoms with E-state index < -0.39 is 0 Å². The molecule has 0 radical (unpaired) electrons. The number of anilines is 1. The highest BCUT2D eigenvalue weighted by Gasteiger charge is 2.44. The molecular formula is C77H105N. The number of rotatable bonds is 36. The number of benzene rings is 6. The molecule has 1 unspecified atom stereocenters. The molecule has 78 heavy (non-hydrogen) atoms. The Balaban J connectivity index is 1.17. The summed E-state index contributed by atoms with van der Waals surface area (Å²) in [5.41, 5.74) is 22.2. The summed E-state index contributed by atoms with van der Waals surface area (Å²) in [6.45, 7) is 18.2. The highest BCUT2D eigenvalue weighted by atomic mass is 15.1. The molecule has 0 bridgehead atoms. The lowest BCUT2D eigenvalue weighted by Crippen LogP contribution is -2.27. The first-order chi connectivity index (χ1) is 38.3. The third-order valence-corrected chi connectivity index (χ3v) is 19.1. The van der Waals surface area contributed by atoms with Gasteiger partial charge in [0.05, 0.1) is 0 Å². The van der Waals surface area contributed by atoms with Crippen LogP contribution >= 0.6 is 0 Å². The average Bonchev–Trinajstić information content (AvgIpc) is 4.10. The maximum absolute atomic E-state index is 2.72.